The van der Waals surface area contributed by atoms with Crippen molar-refractivity contribution in [3.8, 4) is 0 Å². The first-order valence-electron chi connectivity index (χ1n) is 7.66. The van der Waals surface area contributed by atoms with Gasteiger partial charge in [0.05, 0.1) is 32.8 Å². The number of Topliss-reactive ketones (excluding diaryl/α,β-unsaturated/α-hetero) is 1. The quantitative estimate of drug-likeness (QED) is 0.405. The van der Waals surface area contributed by atoms with Crippen LogP contribution in [-0.4, -0.2) is 55.1 Å². The van der Waals surface area contributed by atoms with Crippen molar-refractivity contribution in [3.63, 3.8) is 0 Å². The number of hydroxylamine groups is 2. The molecule has 23 heavy (non-hydrogen) atoms. The maximum atomic E-state index is 11.4. The van der Waals surface area contributed by atoms with Crippen LogP contribution in [0.2, 0.25) is 0 Å². The predicted octanol–water partition coefficient (Wildman–Crippen LogP) is 0.632. The number of hydrogen-bond acceptors (Lipinski definition) is 7. The first kappa shape index (κ1) is 19.2. The van der Waals surface area contributed by atoms with Crippen molar-refractivity contribution in [1.82, 2.24) is 5.06 Å². The molecule has 0 aromatic heterocycles. The summed E-state index contributed by atoms with van der Waals surface area (Å²) in [5.41, 5.74) is 0. The molecule has 2 amide bonds. The number of amides is 2. The van der Waals surface area contributed by atoms with Crippen LogP contribution in [0.15, 0.2) is 0 Å². The fourth-order valence-electron chi connectivity index (χ4n) is 1.74. The second-order valence-corrected chi connectivity index (χ2v) is 5.39. The Morgan fingerprint density at radius 3 is 2.00 bits per heavy atom. The molecular formula is C15H23NO7. The largest absolute Gasteiger partial charge is 0.379 e. The fraction of sp³-hybridized carbons (Fsp3) is 0.733. The van der Waals surface area contributed by atoms with Gasteiger partial charge < -0.3 is 14.3 Å². The Bertz CT molecular complexity index is 431. The highest BCUT2D eigenvalue weighted by atomic mass is 16.7. The Kier molecular flexibility index (Phi) is 8.42. The zero-order valence-electron chi connectivity index (χ0n) is 13.5. The Hall–Kier alpha value is -1.80. The number of carbonyl (C=O) groups is 4. The van der Waals surface area contributed by atoms with Gasteiger partial charge >= 0.3 is 5.97 Å². The second kappa shape index (κ2) is 10.1. The van der Waals surface area contributed by atoms with Gasteiger partial charge in [-0.15, -0.1) is 5.06 Å². The van der Waals surface area contributed by atoms with Gasteiger partial charge in [-0.25, -0.2) is 4.79 Å². The van der Waals surface area contributed by atoms with Gasteiger partial charge in [0.25, 0.3) is 11.8 Å². The Labute approximate surface area is 135 Å². The Morgan fingerprint density at radius 2 is 1.48 bits per heavy atom. The molecule has 0 N–H and O–H groups in total. The number of hydrogen-bond donors (Lipinski definition) is 0. The van der Waals surface area contributed by atoms with Gasteiger partial charge in [0.1, 0.15) is 5.78 Å². The average Bonchev–Trinajstić information content (AvgIpc) is 2.81. The first-order valence-corrected chi connectivity index (χ1v) is 7.66. The molecule has 0 radical (unpaired) electrons. The van der Waals surface area contributed by atoms with Crippen molar-refractivity contribution in [2.45, 2.75) is 39.5 Å². The zero-order valence-corrected chi connectivity index (χ0v) is 13.5. The van der Waals surface area contributed by atoms with E-state index >= 15 is 0 Å². The van der Waals surface area contributed by atoms with Crippen molar-refractivity contribution in [3.05, 3.63) is 0 Å². The number of carbonyl (C=O) groups excluding carboxylic acids is 4. The van der Waals surface area contributed by atoms with E-state index < -0.39 is 17.8 Å². The summed E-state index contributed by atoms with van der Waals surface area (Å²) in [5, 5.41) is 0.511. The van der Waals surface area contributed by atoms with E-state index in [2.05, 4.69) is 4.84 Å². The normalized spacial score (nSPS) is 14.7. The van der Waals surface area contributed by atoms with Gasteiger partial charge in [-0.05, 0) is 0 Å². The predicted molar refractivity (Wildman–Crippen MR) is 77.9 cm³/mol. The van der Waals surface area contributed by atoms with Crippen LogP contribution in [0, 0.1) is 5.92 Å². The minimum Gasteiger partial charge on any atom is -0.379 e. The van der Waals surface area contributed by atoms with Crippen molar-refractivity contribution in [2.24, 2.45) is 5.92 Å². The number of imide groups is 1. The molecule has 0 spiro atoms. The van der Waals surface area contributed by atoms with E-state index in [4.69, 9.17) is 9.47 Å². The molecule has 1 saturated heterocycles. The summed E-state index contributed by atoms with van der Waals surface area (Å²) in [4.78, 5) is 49.9. The number of nitrogens with zero attached hydrogens (tertiary/aromatic N) is 1. The molecule has 1 fully saturated rings. The van der Waals surface area contributed by atoms with Crippen molar-refractivity contribution >= 4 is 23.6 Å². The van der Waals surface area contributed by atoms with Gasteiger partial charge in [-0.3, -0.25) is 14.4 Å². The number of ketones is 1. The highest BCUT2D eigenvalue weighted by Crippen LogP contribution is 2.12. The third-order valence-corrected chi connectivity index (χ3v) is 3.16. The van der Waals surface area contributed by atoms with Gasteiger partial charge in [0.15, 0.2) is 0 Å². The van der Waals surface area contributed by atoms with Crippen molar-refractivity contribution in [1.29, 1.82) is 0 Å². The molecule has 0 aromatic carbocycles. The molecule has 0 unspecified atom stereocenters. The van der Waals surface area contributed by atoms with Crippen LogP contribution in [0.1, 0.15) is 39.5 Å². The summed E-state index contributed by atoms with van der Waals surface area (Å²) >= 11 is 0. The monoisotopic (exact) mass is 329 g/mol. The maximum absolute atomic E-state index is 11.4. The maximum Gasteiger partial charge on any atom is 0.335 e. The second-order valence-electron chi connectivity index (χ2n) is 5.39. The van der Waals surface area contributed by atoms with Crippen LogP contribution >= 0.6 is 0 Å². The lowest BCUT2D eigenvalue weighted by molar-refractivity contribution is -0.198. The van der Waals surface area contributed by atoms with E-state index in [0.717, 1.165) is 0 Å². The van der Waals surface area contributed by atoms with Gasteiger partial charge in [0.2, 0.25) is 0 Å². The van der Waals surface area contributed by atoms with Gasteiger partial charge in [-0.2, -0.15) is 0 Å². The van der Waals surface area contributed by atoms with Crippen LogP contribution in [0.25, 0.3) is 0 Å². The van der Waals surface area contributed by atoms with E-state index in [0.29, 0.717) is 24.7 Å². The highest BCUT2D eigenvalue weighted by Gasteiger charge is 2.32. The molecule has 0 aromatic rings. The summed E-state index contributed by atoms with van der Waals surface area (Å²) in [7, 11) is 0. The molecule has 8 nitrogen and oxygen atoms in total. The first-order chi connectivity index (χ1) is 10.9. The lowest BCUT2D eigenvalue weighted by atomic mass is 10.1. The van der Waals surface area contributed by atoms with Crippen LogP contribution in [-0.2, 0) is 33.5 Å². The van der Waals surface area contributed by atoms with Crippen LogP contribution < -0.4 is 0 Å². The lowest BCUT2D eigenvalue weighted by Gasteiger charge is -2.12. The fourth-order valence-corrected chi connectivity index (χ4v) is 1.74. The van der Waals surface area contributed by atoms with Crippen LogP contribution in [0.4, 0.5) is 0 Å². The van der Waals surface area contributed by atoms with Crippen LogP contribution in [0.5, 0.6) is 0 Å². The molecule has 130 valence electrons. The lowest BCUT2D eigenvalue weighted by Crippen LogP contribution is -2.32. The molecule has 0 saturated carbocycles. The molecular weight excluding hydrogens is 306 g/mol. The molecule has 1 heterocycles. The SMILES string of the molecule is CC(C)C(=O)CCOCCOCCC(=O)ON1C(=O)CCC1=O. The molecule has 1 aliphatic heterocycles. The van der Waals surface area contributed by atoms with E-state index in [9.17, 15) is 19.2 Å². The van der Waals surface area contributed by atoms with Crippen LogP contribution in [0.3, 0.4) is 0 Å². The molecule has 0 aliphatic carbocycles. The number of ether oxygens (including phenoxy) is 2. The average molecular weight is 329 g/mol. The third-order valence-electron chi connectivity index (χ3n) is 3.16. The molecule has 1 rings (SSSR count). The van der Waals surface area contributed by atoms with Crippen molar-refractivity contribution < 1.29 is 33.5 Å². The third kappa shape index (κ3) is 7.34. The van der Waals surface area contributed by atoms with E-state index in [1.54, 1.807) is 0 Å². The van der Waals surface area contributed by atoms with E-state index in [-0.39, 0.29) is 44.2 Å². The van der Waals surface area contributed by atoms with Gasteiger partial charge in [0, 0.05) is 25.2 Å². The molecule has 0 bridgehead atoms. The van der Waals surface area contributed by atoms with Crippen molar-refractivity contribution in [2.75, 3.05) is 26.4 Å². The summed E-state index contributed by atoms with van der Waals surface area (Å²) in [6.45, 7) is 4.74. The summed E-state index contributed by atoms with van der Waals surface area (Å²) in [5.74, 6) is -1.55. The molecule has 8 heteroatoms. The summed E-state index contributed by atoms with van der Waals surface area (Å²) in [6, 6.07) is 0. The smallest absolute Gasteiger partial charge is 0.335 e. The minimum atomic E-state index is -0.697. The summed E-state index contributed by atoms with van der Waals surface area (Å²) in [6.07, 6.45) is 0.448. The van der Waals surface area contributed by atoms with E-state index in [1.165, 1.54) is 0 Å². The summed E-state index contributed by atoms with van der Waals surface area (Å²) < 4.78 is 10.4. The number of rotatable bonds is 11. The topological polar surface area (TPSA) is 99.2 Å². The minimum absolute atomic E-state index is 0.00947. The van der Waals surface area contributed by atoms with Gasteiger partial charge in [-0.1, -0.05) is 13.8 Å². The Morgan fingerprint density at radius 1 is 0.957 bits per heavy atom. The highest BCUT2D eigenvalue weighted by molar-refractivity contribution is 6.01. The molecule has 1 aliphatic rings. The molecule has 0 atom stereocenters. The zero-order chi connectivity index (χ0) is 17.2. The van der Waals surface area contributed by atoms with E-state index in [1.807, 2.05) is 13.8 Å². The Balaban J connectivity index is 1.98. The standard InChI is InChI=1S/C15H23NO7/c1-11(2)12(17)5-7-21-9-10-22-8-6-15(20)23-16-13(18)3-4-14(16)19/h11H,3-10H2,1-2H3.